The number of rotatable bonds is 4. The standard InChI is InChI=1S/C12H22N2O2/c1-8(2)4-11-13-7-12(15)14(11)9-5-10(6-9)16-3/h8-11,13H,4-7H2,1-3H3. The van der Waals surface area contributed by atoms with Crippen LogP contribution in [0, 0.1) is 5.92 Å². The molecule has 1 amide bonds. The number of hydrogen-bond acceptors (Lipinski definition) is 3. The van der Waals surface area contributed by atoms with Gasteiger partial charge in [-0.25, -0.2) is 0 Å². The zero-order valence-electron chi connectivity index (χ0n) is 10.4. The highest BCUT2D eigenvalue weighted by Crippen LogP contribution is 2.31. The summed E-state index contributed by atoms with van der Waals surface area (Å²) in [5.41, 5.74) is 0. The largest absolute Gasteiger partial charge is 0.381 e. The summed E-state index contributed by atoms with van der Waals surface area (Å²) in [4.78, 5) is 13.9. The summed E-state index contributed by atoms with van der Waals surface area (Å²) in [7, 11) is 1.75. The first kappa shape index (κ1) is 11.9. The molecule has 0 aromatic carbocycles. The minimum Gasteiger partial charge on any atom is -0.381 e. The molecule has 4 heteroatoms. The predicted molar refractivity (Wildman–Crippen MR) is 61.9 cm³/mol. The Kier molecular flexibility index (Phi) is 3.50. The molecule has 0 aromatic heterocycles. The van der Waals surface area contributed by atoms with Crippen molar-refractivity contribution in [1.82, 2.24) is 10.2 Å². The van der Waals surface area contributed by atoms with Crippen LogP contribution in [-0.2, 0) is 9.53 Å². The van der Waals surface area contributed by atoms with Gasteiger partial charge in [0, 0.05) is 13.2 Å². The maximum atomic E-state index is 11.8. The first-order valence-electron chi connectivity index (χ1n) is 6.19. The molecule has 2 aliphatic rings. The highest BCUT2D eigenvalue weighted by molar-refractivity contribution is 5.81. The quantitative estimate of drug-likeness (QED) is 0.776. The van der Waals surface area contributed by atoms with Crippen LogP contribution in [0.15, 0.2) is 0 Å². The second kappa shape index (κ2) is 4.72. The maximum absolute atomic E-state index is 11.8. The van der Waals surface area contributed by atoms with Crippen LogP contribution in [0.25, 0.3) is 0 Å². The number of nitrogens with one attached hydrogen (secondary N) is 1. The Labute approximate surface area is 97.3 Å². The van der Waals surface area contributed by atoms with E-state index in [4.69, 9.17) is 4.74 Å². The molecule has 1 saturated heterocycles. The average molecular weight is 226 g/mol. The van der Waals surface area contributed by atoms with Gasteiger partial charge in [0.05, 0.1) is 18.8 Å². The summed E-state index contributed by atoms with van der Waals surface area (Å²) in [5, 5.41) is 3.31. The van der Waals surface area contributed by atoms with Crippen LogP contribution in [0.4, 0.5) is 0 Å². The molecule has 4 nitrogen and oxygen atoms in total. The van der Waals surface area contributed by atoms with E-state index in [-0.39, 0.29) is 12.1 Å². The van der Waals surface area contributed by atoms with Gasteiger partial charge in [-0.15, -0.1) is 0 Å². The Hall–Kier alpha value is -0.610. The lowest BCUT2D eigenvalue weighted by Crippen LogP contribution is -2.53. The van der Waals surface area contributed by atoms with Gasteiger partial charge in [-0.1, -0.05) is 13.8 Å². The third-order valence-corrected chi connectivity index (χ3v) is 3.60. The molecule has 0 aromatic rings. The fraction of sp³-hybridized carbons (Fsp3) is 0.917. The van der Waals surface area contributed by atoms with Crippen molar-refractivity contribution in [3.8, 4) is 0 Å². The molecule has 1 aliphatic carbocycles. The van der Waals surface area contributed by atoms with Crippen molar-refractivity contribution in [2.24, 2.45) is 5.92 Å². The first-order valence-corrected chi connectivity index (χ1v) is 6.19. The van der Waals surface area contributed by atoms with Gasteiger partial charge in [0.15, 0.2) is 0 Å². The van der Waals surface area contributed by atoms with Crippen molar-refractivity contribution in [2.45, 2.75) is 51.4 Å². The molecule has 1 heterocycles. The SMILES string of the molecule is COC1CC(N2C(=O)CNC2CC(C)C)C1. The number of carbonyl (C=O) groups is 1. The van der Waals surface area contributed by atoms with Crippen LogP contribution in [0.1, 0.15) is 33.1 Å². The number of carbonyl (C=O) groups excluding carboxylic acids is 1. The minimum atomic E-state index is 0.246. The highest BCUT2D eigenvalue weighted by atomic mass is 16.5. The van der Waals surface area contributed by atoms with Gasteiger partial charge < -0.3 is 9.64 Å². The van der Waals surface area contributed by atoms with Gasteiger partial charge in [-0.2, -0.15) is 0 Å². The molecule has 1 unspecified atom stereocenters. The molecular weight excluding hydrogens is 204 g/mol. The summed E-state index contributed by atoms with van der Waals surface area (Å²) in [5.74, 6) is 0.870. The maximum Gasteiger partial charge on any atom is 0.238 e. The lowest BCUT2D eigenvalue weighted by Gasteiger charge is -2.43. The monoisotopic (exact) mass is 226 g/mol. The van der Waals surface area contributed by atoms with E-state index in [2.05, 4.69) is 24.1 Å². The van der Waals surface area contributed by atoms with Crippen molar-refractivity contribution in [1.29, 1.82) is 0 Å². The number of ether oxygens (including phenoxy) is 1. The van der Waals surface area contributed by atoms with E-state index in [1.165, 1.54) is 0 Å². The second-order valence-corrected chi connectivity index (χ2v) is 5.31. The van der Waals surface area contributed by atoms with E-state index in [9.17, 15) is 4.79 Å². The number of hydrogen-bond donors (Lipinski definition) is 1. The van der Waals surface area contributed by atoms with Crippen LogP contribution in [0.3, 0.4) is 0 Å². The Morgan fingerprint density at radius 2 is 2.19 bits per heavy atom. The molecule has 16 heavy (non-hydrogen) atoms. The summed E-state index contributed by atoms with van der Waals surface area (Å²) in [6.45, 7) is 4.90. The summed E-state index contributed by atoms with van der Waals surface area (Å²) in [6, 6.07) is 0.399. The number of methoxy groups -OCH3 is 1. The molecule has 0 bridgehead atoms. The van der Waals surface area contributed by atoms with E-state index in [0.717, 1.165) is 19.3 Å². The Morgan fingerprint density at radius 1 is 1.50 bits per heavy atom. The zero-order chi connectivity index (χ0) is 11.7. The molecule has 1 saturated carbocycles. The molecular formula is C12H22N2O2. The lowest BCUT2D eigenvalue weighted by molar-refractivity contribution is -0.136. The fourth-order valence-corrected chi connectivity index (χ4v) is 2.63. The van der Waals surface area contributed by atoms with E-state index >= 15 is 0 Å². The number of amides is 1. The second-order valence-electron chi connectivity index (χ2n) is 5.31. The van der Waals surface area contributed by atoms with E-state index in [1.807, 2.05) is 0 Å². The van der Waals surface area contributed by atoms with Crippen molar-refractivity contribution in [2.75, 3.05) is 13.7 Å². The fourth-order valence-electron chi connectivity index (χ4n) is 2.63. The van der Waals surface area contributed by atoms with Crippen molar-refractivity contribution < 1.29 is 9.53 Å². The Bertz CT molecular complexity index is 262. The van der Waals surface area contributed by atoms with Crippen molar-refractivity contribution >= 4 is 5.91 Å². The molecule has 2 rings (SSSR count). The zero-order valence-corrected chi connectivity index (χ0v) is 10.4. The van der Waals surface area contributed by atoms with Crippen LogP contribution in [0.5, 0.6) is 0 Å². The predicted octanol–water partition coefficient (Wildman–Crippen LogP) is 0.968. The topological polar surface area (TPSA) is 41.6 Å². The van der Waals surface area contributed by atoms with Gasteiger partial charge in [0.2, 0.25) is 5.91 Å². The van der Waals surface area contributed by atoms with Gasteiger partial charge >= 0.3 is 0 Å². The van der Waals surface area contributed by atoms with Gasteiger partial charge in [0.1, 0.15) is 0 Å². The van der Waals surface area contributed by atoms with Crippen molar-refractivity contribution in [3.63, 3.8) is 0 Å². The van der Waals surface area contributed by atoms with E-state index in [1.54, 1.807) is 7.11 Å². The first-order chi connectivity index (χ1) is 7.61. The smallest absolute Gasteiger partial charge is 0.238 e. The molecule has 92 valence electrons. The Morgan fingerprint density at radius 3 is 2.75 bits per heavy atom. The van der Waals surface area contributed by atoms with Crippen molar-refractivity contribution in [3.05, 3.63) is 0 Å². The number of nitrogens with zero attached hydrogens (tertiary/aromatic N) is 1. The third-order valence-electron chi connectivity index (χ3n) is 3.60. The molecule has 0 spiro atoms. The third kappa shape index (κ3) is 2.23. The van der Waals surface area contributed by atoms with Gasteiger partial charge in [0.25, 0.3) is 0 Å². The average Bonchev–Trinajstić information content (AvgIpc) is 2.47. The van der Waals surface area contributed by atoms with Gasteiger partial charge in [-0.3, -0.25) is 10.1 Å². The molecule has 1 atom stereocenters. The summed E-state index contributed by atoms with van der Waals surface area (Å²) < 4.78 is 5.27. The normalized spacial score (nSPS) is 34.6. The summed E-state index contributed by atoms with van der Waals surface area (Å²) in [6.07, 6.45) is 3.64. The molecule has 1 aliphatic heterocycles. The molecule has 1 N–H and O–H groups in total. The summed E-state index contributed by atoms with van der Waals surface area (Å²) >= 11 is 0. The lowest BCUT2D eigenvalue weighted by atomic mass is 9.87. The van der Waals surface area contributed by atoms with Crippen LogP contribution in [-0.4, -0.2) is 42.8 Å². The van der Waals surface area contributed by atoms with Crippen LogP contribution in [0.2, 0.25) is 0 Å². The molecule has 2 fully saturated rings. The Balaban J connectivity index is 1.92. The van der Waals surface area contributed by atoms with Gasteiger partial charge in [-0.05, 0) is 25.2 Å². The molecule has 0 radical (unpaired) electrons. The van der Waals surface area contributed by atoms with Crippen LogP contribution >= 0.6 is 0 Å². The van der Waals surface area contributed by atoms with Crippen LogP contribution < -0.4 is 5.32 Å². The highest BCUT2D eigenvalue weighted by Gasteiger charge is 2.42. The minimum absolute atomic E-state index is 0.246. The van der Waals surface area contributed by atoms with E-state index in [0.29, 0.717) is 24.6 Å². The van der Waals surface area contributed by atoms with E-state index < -0.39 is 0 Å².